The third-order valence-corrected chi connectivity index (χ3v) is 5.91. The van der Waals surface area contributed by atoms with Gasteiger partial charge in [-0.1, -0.05) is 6.07 Å². The van der Waals surface area contributed by atoms with Crippen molar-refractivity contribution in [1.29, 1.82) is 0 Å². The van der Waals surface area contributed by atoms with E-state index in [-0.39, 0.29) is 4.21 Å². The summed E-state index contributed by atoms with van der Waals surface area (Å²) in [6.45, 7) is 3.81. The first-order valence-corrected chi connectivity index (χ1v) is 9.54. The number of aryl methyl sites for hydroxylation is 2. The van der Waals surface area contributed by atoms with E-state index in [1.807, 2.05) is 19.9 Å². The summed E-state index contributed by atoms with van der Waals surface area (Å²) in [5.74, 6) is 0.513. The van der Waals surface area contributed by atoms with Crippen LogP contribution in [0.15, 0.2) is 52.1 Å². The lowest BCUT2D eigenvalue weighted by atomic mass is 10.3. The molecule has 0 aliphatic heterocycles. The molecule has 0 fully saturated rings. The number of thiophene rings is 1. The molecule has 2 heterocycles. The maximum atomic E-state index is 12.2. The van der Waals surface area contributed by atoms with Gasteiger partial charge in [-0.15, -0.1) is 11.3 Å². The fourth-order valence-corrected chi connectivity index (χ4v) is 4.21. The molecular weight excluding hydrogens is 344 g/mol. The molecule has 0 unspecified atom stereocenters. The van der Waals surface area contributed by atoms with E-state index < -0.39 is 10.0 Å². The number of hydrogen-bond acceptors (Lipinski definition) is 6. The zero-order valence-corrected chi connectivity index (χ0v) is 14.8. The van der Waals surface area contributed by atoms with Gasteiger partial charge < -0.3 is 5.32 Å². The second-order valence-electron chi connectivity index (χ2n) is 5.21. The molecule has 0 aliphatic rings. The van der Waals surface area contributed by atoms with Crippen LogP contribution in [-0.4, -0.2) is 18.4 Å². The average molecular weight is 360 g/mol. The highest BCUT2D eigenvalue weighted by Crippen LogP contribution is 2.22. The second-order valence-corrected chi connectivity index (χ2v) is 8.07. The molecule has 24 heavy (non-hydrogen) atoms. The number of anilines is 3. The molecule has 2 N–H and O–H groups in total. The van der Waals surface area contributed by atoms with Crippen LogP contribution in [0.2, 0.25) is 0 Å². The van der Waals surface area contributed by atoms with E-state index in [4.69, 9.17) is 0 Å². The lowest BCUT2D eigenvalue weighted by molar-refractivity contribution is 0.603. The molecule has 6 nitrogen and oxygen atoms in total. The second kappa shape index (κ2) is 6.58. The van der Waals surface area contributed by atoms with Gasteiger partial charge in [0.2, 0.25) is 5.95 Å². The van der Waals surface area contributed by atoms with Gasteiger partial charge in [0.1, 0.15) is 4.21 Å². The van der Waals surface area contributed by atoms with Gasteiger partial charge in [0.25, 0.3) is 10.0 Å². The van der Waals surface area contributed by atoms with Crippen LogP contribution in [0.1, 0.15) is 11.4 Å². The first kappa shape index (κ1) is 16.4. The Bertz CT molecular complexity index is 916. The molecule has 0 spiro atoms. The largest absolute Gasteiger partial charge is 0.324 e. The van der Waals surface area contributed by atoms with Crippen molar-refractivity contribution in [3.05, 3.63) is 59.2 Å². The molecule has 3 rings (SSSR count). The van der Waals surface area contributed by atoms with E-state index in [1.54, 1.807) is 41.8 Å². The summed E-state index contributed by atoms with van der Waals surface area (Å²) in [6.07, 6.45) is 0. The molecular formula is C16H16N4O2S2. The summed E-state index contributed by atoms with van der Waals surface area (Å²) in [4.78, 5) is 8.63. The SMILES string of the molecule is Cc1cc(C)nc(Nc2ccc(NS(=O)(=O)c3cccs3)cc2)n1. The smallest absolute Gasteiger partial charge is 0.271 e. The van der Waals surface area contributed by atoms with Crippen molar-refractivity contribution in [2.45, 2.75) is 18.1 Å². The van der Waals surface area contributed by atoms with E-state index in [1.165, 1.54) is 11.3 Å². The van der Waals surface area contributed by atoms with Gasteiger partial charge in [0, 0.05) is 22.8 Å². The Hall–Kier alpha value is -2.45. The van der Waals surface area contributed by atoms with Crippen LogP contribution < -0.4 is 10.0 Å². The Morgan fingerprint density at radius 3 is 2.17 bits per heavy atom. The third-order valence-electron chi connectivity index (χ3n) is 3.14. The van der Waals surface area contributed by atoms with Gasteiger partial charge >= 0.3 is 0 Å². The minimum Gasteiger partial charge on any atom is -0.324 e. The monoisotopic (exact) mass is 360 g/mol. The van der Waals surface area contributed by atoms with Crippen molar-refractivity contribution in [3.8, 4) is 0 Å². The molecule has 124 valence electrons. The Labute approximate surface area is 144 Å². The van der Waals surface area contributed by atoms with Crippen LogP contribution in [0.5, 0.6) is 0 Å². The summed E-state index contributed by atoms with van der Waals surface area (Å²) in [6, 6.07) is 12.1. The predicted molar refractivity (Wildman–Crippen MR) is 96.4 cm³/mol. The molecule has 0 aliphatic carbocycles. The first-order chi connectivity index (χ1) is 11.4. The zero-order valence-electron chi connectivity index (χ0n) is 13.1. The van der Waals surface area contributed by atoms with Gasteiger partial charge in [-0.2, -0.15) is 0 Å². The Morgan fingerprint density at radius 1 is 0.958 bits per heavy atom. The maximum absolute atomic E-state index is 12.2. The zero-order chi connectivity index (χ0) is 17.2. The lowest BCUT2D eigenvalue weighted by Gasteiger charge is -2.09. The standard InChI is InChI=1S/C16H16N4O2S2/c1-11-10-12(2)18-16(17-11)19-13-5-7-14(8-6-13)20-24(21,22)15-4-3-9-23-15/h3-10,20H,1-2H3,(H,17,18,19). The number of aromatic nitrogens is 2. The molecule has 0 saturated heterocycles. The van der Waals surface area contributed by atoms with Gasteiger partial charge in [-0.05, 0) is 55.6 Å². The van der Waals surface area contributed by atoms with Crippen LogP contribution in [0.4, 0.5) is 17.3 Å². The summed E-state index contributed by atoms with van der Waals surface area (Å²) in [7, 11) is -3.53. The molecule has 0 amide bonds. The quantitative estimate of drug-likeness (QED) is 0.725. The minimum absolute atomic E-state index is 0.285. The van der Waals surface area contributed by atoms with Crippen LogP contribution in [-0.2, 0) is 10.0 Å². The number of benzene rings is 1. The van der Waals surface area contributed by atoms with Crippen LogP contribution >= 0.6 is 11.3 Å². The van der Waals surface area contributed by atoms with Crippen LogP contribution in [0.3, 0.4) is 0 Å². The molecule has 2 aromatic heterocycles. The van der Waals surface area contributed by atoms with Crippen molar-refractivity contribution >= 4 is 38.7 Å². The van der Waals surface area contributed by atoms with Crippen LogP contribution in [0.25, 0.3) is 0 Å². The van der Waals surface area contributed by atoms with Crippen molar-refractivity contribution in [3.63, 3.8) is 0 Å². The highest BCUT2D eigenvalue weighted by molar-refractivity contribution is 7.94. The van der Waals surface area contributed by atoms with Gasteiger partial charge in [0.05, 0.1) is 0 Å². The fourth-order valence-electron chi connectivity index (χ4n) is 2.15. The van der Waals surface area contributed by atoms with Crippen molar-refractivity contribution in [2.75, 3.05) is 10.0 Å². The topological polar surface area (TPSA) is 84.0 Å². The average Bonchev–Trinajstić information content (AvgIpc) is 3.03. The van der Waals surface area contributed by atoms with E-state index in [9.17, 15) is 8.42 Å². The number of nitrogens with zero attached hydrogens (tertiary/aromatic N) is 2. The Balaban J connectivity index is 1.74. The lowest BCUT2D eigenvalue weighted by Crippen LogP contribution is -2.11. The molecule has 0 atom stereocenters. The van der Waals surface area contributed by atoms with E-state index in [0.29, 0.717) is 11.6 Å². The normalized spacial score (nSPS) is 11.2. The summed E-state index contributed by atoms with van der Waals surface area (Å²) in [5.41, 5.74) is 3.03. The summed E-state index contributed by atoms with van der Waals surface area (Å²) in [5, 5.41) is 4.83. The summed E-state index contributed by atoms with van der Waals surface area (Å²) >= 11 is 1.18. The van der Waals surface area contributed by atoms with E-state index in [2.05, 4.69) is 20.0 Å². The minimum atomic E-state index is -3.53. The van der Waals surface area contributed by atoms with Crippen LogP contribution in [0, 0.1) is 13.8 Å². The number of sulfonamides is 1. The van der Waals surface area contributed by atoms with Crippen molar-refractivity contribution in [1.82, 2.24) is 9.97 Å². The maximum Gasteiger partial charge on any atom is 0.271 e. The molecule has 3 aromatic rings. The molecule has 0 radical (unpaired) electrons. The Kier molecular flexibility index (Phi) is 4.50. The van der Waals surface area contributed by atoms with Crippen molar-refractivity contribution in [2.24, 2.45) is 0 Å². The number of nitrogens with one attached hydrogen (secondary N) is 2. The Morgan fingerprint density at radius 2 is 1.58 bits per heavy atom. The first-order valence-electron chi connectivity index (χ1n) is 7.18. The van der Waals surface area contributed by atoms with Crippen molar-refractivity contribution < 1.29 is 8.42 Å². The highest BCUT2D eigenvalue weighted by Gasteiger charge is 2.14. The predicted octanol–water partition coefficient (Wildman–Crippen LogP) is 3.70. The van der Waals surface area contributed by atoms with E-state index in [0.717, 1.165) is 17.1 Å². The third kappa shape index (κ3) is 3.90. The fraction of sp³-hybridized carbons (Fsp3) is 0.125. The highest BCUT2D eigenvalue weighted by atomic mass is 32.2. The van der Waals surface area contributed by atoms with Gasteiger partial charge in [-0.25, -0.2) is 18.4 Å². The summed E-state index contributed by atoms with van der Waals surface area (Å²) < 4.78 is 27.2. The van der Waals surface area contributed by atoms with Gasteiger partial charge in [-0.3, -0.25) is 4.72 Å². The number of rotatable bonds is 5. The molecule has 8 heteroatoms. The van der Waals surface area contributed by atoms with E-state index >= 15 is 0 Å². The van der Waals surface area contributed by atoms with Gasteiger partial charge in [0.15, 0.2) is 0 Å². The molecule has 0 bridgehead atoms. The number of hydrogen-bond donors (Lipinski definition) is 2. The molecule has 1 aromatic carbocycles. The molecule has 0 saturated carbocycles.